The molecule has 19 heavy (non-hydrogen) atoms. The van der Waals surface area contributed by atoms with Gasteiger partial charge in [-0.25, -0.2) is 4.98 Å². The van der Waals surface area contributed by atoms with E-state index in [1.807, 2.05) is 0 Å². The summed E-state index contributed by atoms with van der Waals surface area (Å²) in [5.41, 5.74) is 0.742. The first-order valence-corrected chi connectivity index (χ1v) is 6.57. The summed E-state index contributed by atoms with van der Waals surface area (Å²) in [6.45, 7) is 0. The maximum absolute atomic E-state index is 11.9. The van der Waals surface area contributed by atoms with E-state index in [-0.39, 0.29) is 17.1 Å². The van der Waals surface area contributed by atoms with Gasteiger partial charge in [-0.3, -0.25) is 20.2 Å². The molecule has 0 radical (unpaired) electrons. The van der Waals surface area contributed by atoms with Gasteiger partial charge in [-0.05, 0) is 6.07 Å². The van der Waals surface area contributed by atoms with Crippen LogP contribution in [0, 0.1) is 10.1 Å². The molecular formula is C11H8ClN3O3S. The second kappa shape index (κ2) is 5.77. The summed E-state index contributed by atoms with van der Waals surface area (Å²) in [6.07, 6.45) is 0. The predicted octanol–water partition coefficient (Wildman–Crippen LogP) is 3.04. The zero-order valence-electron chi connectivity index (χ0n) is 9.50. The molecule has 8 heteroatoms. The summed E-state index contributed by atoms with van der Waals surface area (Å²) in [5, 5.41) is 15.3. The van der Waals surface area contributed by atoms with Crippen LogP contribution in [-0.4, -0.2) is 15.8 Å². The van der Waals surface area contributed by atoms with Crippen LogP contribution in [0.25, 0.3) is 0 Å². The highest BCUT2D eigenvalue weighted by atomic mass is 35.5. The Hall–Kier alpha value is -1.99. The highest BCUT2D eigenvalue weighted by molar-refractivity contribution is 7.14. The Kier molecular flexibility index (Phi) is 4.08. The van der Waals surface area contributed by atoms with Gasteiger partial charge in [0.15, 0.2) is 5.13 Å². The summed E-state index contributed by atoms with van der Waals surface area (Å²) in [6, 6.07) is 5.49. The first-order chi connectivity index (χ1) is 9.10. The molecule has 0 saturated heterocycles. The second-order valence-corrected chi connectivity index (χ2v) is 4.66. The lowest BCUT2D eigenvalue weighted by Gasteiger charge is -2.01. The van der Waals surface area contributed by atoms with Crippen molar-refractivity contribution >= 4 is 39.7 Å². The maximum Gasteiger partial charge on any atom is 0.270 e. The maximum atomic E-state index is 11.9. The molecule has 0 unspecified atom stereocenters. The number of nitro benzene ring substituents is 1. The lowest BCUT2D eigenvalue weighted by molar-refractivity contribution is -0.384. The number of carbonyl (C=O) groups is 1. The van der Waals surface area contributed by atoms with Gasteiger partial charge in [-0.2, -0.15) is 0 Å². The van der Waals surface area contributed by atoms with Crippen LogP contribution in [-0.2, 0) is 5.88 Å². The molecule has 2 aromatic rings. The van der Waals surface area contributed by atoms with E-state index in [1.54, 1.807) is 5.38 Å². The lowest BCUT2D eigenvalue weighted by Crippen LogP contribution is -2.11. The number of carbonyl (C=O) groups excluding carboxylic acids is 1. The number of halogens is 1. The standard InChI is InChI=1S/C11H8ClN3O3S/c12-5-8-6-19-11(13-8)14-10(16)7-2-1-3-9(4-7)15(17)18/h1-4,6H,5H2,(H,13,14,16). The third-order valence-corrected chi connectivity index (χ3v) is 3.31. The molecule has 1 heterocycles. The zero-order valence-corrected chi connectivity index (χ0v) is 11.1. The molecule has 1 amide bonds. The van der Waals surface area contributed by atoms with Crippen molar-refractivity contribution in [3.63, 3.8) is 0 Å². The van der Waals surface area contributed by atoms with Gasteiger partial charge in [0.25, 0.3) is 11.6 Å². The summed E-state index contributed by atoms with van der Waals surface area (Å²) >= 11 is 6.85. The molecule has 0 fully saturated rings. The molecule has 1 aromatic carbocycles. The van der Waals surface area contributed by atoms with Crippen molar-refractivity contribution in [1.82, 2.24) is 4.98 Å². The minimum atomic E-state index is -0.550. The van der Waals surface area contributed by atoms with E-state index in [0.29, 0.717) is 10.8 Å². The Morgan fingerprint density at radius 2 is 2.32 bits per heavy atom. The van der Waals surface area contributed by atoms with Gasteiger partial charge in [0.1, 0.15) is 0 Å². The van der Waals surface area contributed by atoms with E-state index in [9.17, 15) is 14.9 Å². The van der Waals surface area contributed by atoms with Crippen LogP contribution in [0.5, 0.6) is 0 Å². The molecule has 0 saturated carbocycles. The van der Waals surface area contributed by atoms with Crippen LogP contribution in [0.3, 0.4) is 0 Å². The number of hydrogen-bond acceptors (Lipinski definition) is 5. The smallest absolute Gasteiger partial charge is 0.270 e. The van der Waals surface area contributed by atoms with Crippen molar-refractivity contribution in [3.05, 3.63) is 51.0 Å². The lowest BCUT2D eigenvalue weighted by atomic mass is 10.2. The van der Waals surface area contributed by atoms with E-state index in [0.717, 1.165) is 0 Å². The number of non-ortho nitro benzene ring substituents is 1. The topological polar surface area (TPSA) is 85.1 Å². The summed E-state index contributed by atoms with van der Waals surface area (Å²) in [5.74, 6) is -0.178. The number of hydrogen-bond donors (Lipinski definition) is 1. The average molecular weight is 298 g/mol. The van der Waals surface area contributed by atoms with E-state index >= 15 is 0 Å². The SMILES string of the molecule is O=C(Nc1nc(CCl)cs1)c1cccc([N+](=O)[O-])c1. The third kappa shape index (κ3) is 3.27. The number of rotatable bonds is 4. The van der Waals surface area contributed by atoms with E-state index in [2.05, 4.69) is 10.3 Å². The molecule has 0 bridgehead atoms. The van der Waals surface area contributed by atoms with Crippen molar-refractivity contribution in [2.45, 2.75) is 5.88 Å². The number of nitrogens with zero attached hydrogens (tertiary/aromatic N) is 2. The van der Waals surface area contributed by atoms with Gasteiger partial charge in [-0.1, -0.05) is 6.07 Å². The first kappa shape index (κ1) is 13.4. The van der Waals surface area contributed by atoms with Crippen LogP contribution >= 0.6 is 22.9 Å². The highest BCUT2D eigenvalue weighted by Gasteiger charge is 2.12. The Labute approximate surface area is 117 Å². The number of benzene rings is 1. The monoisotopic (exact) mass is 297 g/mol. The molecule has 6 nitrogen and oxygen atoms in total. The molecule has 0 aliphatic carbocycles. The van der Waals surface area contributed by atoms with Crippen LogP contribution < -0.4 is 5.32 Å². The third-order valence-electron chi connectivity index (χ3n) is 2.23. The van der Waals surface area contributed by atoms with Crippen molar-refractivity contribution in [1.29, 1.82) is 0 Å². The molecule has 1 aromatic heterocycles. The van der Waals surface area contributed by atoms with Crippen LogP contribution in [0.15, 0.2) is 29.6 Å². The molecule has 98 valence electrons. The van der Waals surface area contributed by atoms with Gasteiger partial charge in [0, 0.05) is 23.1 Å². The normalized spacial score (nSPS) is 10.2. The molecule has 0 aliphatic rings. The number of nitrogens with one attached hydrogen (secondary N) is 1. The number of alkyl halides is 1. The summed E-state index contributed by atoms with van der Waals surface area (Å²) in [7, 11) is 0. The van der Waals surface area contributed by atoms with Crippen LogP contribution in [0.1, 0.15) is 16.1 Å². The highest BCUT2D eigenvalue weighted by Crippen LogP contribution is 2.19. The quantitative estimate of drug-likeness (QED) is 0.534. The Balaban J connectivity index is 2.15. The predicted molar refractivity (Wildman–Crippen MR) is 72.7 cm³/mol. The Morgan fingerprint density at radius 3 is 2.95 bits per heavy atom. The number of thiazole rings is 1. The van der Waals surface area contributed by atoms with Gasteiger partial charge in [0.2, 0.25) is 0 Å². The molecule has 1 N–H and O–H groups in total. The van der Waals surface area contributed by atoms with Gasteiger partial charge in [-0.15, -0.1) is 22.9 Å². The minimum Gasteiger partial charge on any atom is -0.298 e. The van der Waals surface area contributed by atoms with Crippen molar-refractivity contribution < 1.29 is 9.72 Å². The van der Waals surface area contributed by atoms with Gasteiger partial charge < -0.3 is 0 Å². The first-order valence-electron chi connectivity index (χ1n) is 5.16. The molecule has 0 aliphatic heterocycles. The number of nitro groups is 1. The minimum absolute atomic E-state index is 0.131. The van der Waals surface area contributed by atoms with Crippen molar-refractivity contribution in [2.75, 3.05) is 5.32 Å². The molecule has 0 spiro atoms. The second-order valence-electron chi connectivity index (χ2n) is 3.54. The fourth-order valence-electron chi connectivity index (χ4n) is 1.36. The Bertz CT molecular complexity index is 629. The van der Waals surface area contributed by atoms with Crippen molar-refractivity contribution in [2.24, 2.45) is 0 Å². The van der Waals surface area contributed by atoms with E-state index < -0.39 is 10.8 Å². The number of anilines is 1. The number of amides is 1. The van der Waals surface area contributed by atoms with Crippen LogP contribution in [0.4, 0.5) is 10.8 Å². The average Bonchev–Trinajstić information content (AvgIpc) is 2.86. The zero-order chi connectivity index (χ0) is 13.8. The van der Waals surface area contributed by atoms with Crippen molar-refractivity contribution in [3.8, 4) is 0 Å². The van der Waals surface area contributed by atoms with Gasteiger partial charge in [0.05, 0.1) is 16.5 Å². The van der Waals surface area contributed by atoms with E-state index in [1.165, 1.54) is 35.6 Å². The summed E-state index contributed by atoms with van der Waals surface area (Å²) < 4.78 is 0. The molecule has 2 rings (SSSR count). The fraction of sp³-hybridized carbons (Fsp3) is 0.0909. The fourth-order valence-corrected chi connectivity index (χ4v) is 2.29. The molecular weight excluding hydrogens is 290 g/mol. The molecule has 0 atom stereocenters. The van der Waals surface area contributed by atoms with E-state index in [4.69, 9.17) is 11.6 Å². The Morgan fingerprint density at radius 1 is 1.53 bits per heavy atom. The van der Waals surface area contributed by atoms with Gasteiger partial charge >= 0.3 is 0 Å². The largest absolute Gasteiger partial charge is 0.298 e. The van der Waals surface area contributed by atoms with Crippen LogP contribution in [0.2, 0.25) is 0 Å². The number of aromatic nitrogens is 1. The summed E-state index contributed by atoms with van der Waals surface area (Å²) in [4.78, 5) is 26.0.